The van der Waals surface area contributed by atoms with Crippen LogP contribution in [0.25, 0.3) is 0 Å². The van der Waals surface area contributed by atoms with Crippen LogP contribution < -0.4 is 5.32 Å². The summed E-state index contributed by atoms with van der Waals surface area (Å²) in [6.07, 6.45) is 5.56. The Morgan fingerprint density at radius 1 is 1.33 bits per heavy atom. The monoisotopic (exact) mass is 330 g/mol. The zero-order valence-corrected chi connectivity index (χ0v) is 15.7. The van der Waals surface area contributed by atoms with Crippen LogP contribution in [0.1, 0.15) is 64.0 Å². The van der Waals surface area contributed by atoms with Crippen LogP contribution in [-0.4, -0.2) is 23.9 Å². The van der Waals surface area contributed by atoms with Gasteiger partial charge in [-0.15, -0.1) is 0 Å². The maximum absolute atomic E-state index is 12.1. The molecule has 1 fully saturated rings. The van der Waals surface area contributed by atoms with Crippen LogP contribution in [-0.2, 0) is 17.9 Å². The first-order valence-electron chi connectivity index (χ1n) is 9.64. The minimum absolute atomic E-state index is 0.178. The highest BCUT2D eigenvalue weighted by Gasteiger charge is 2.17. The highest BCUT2D eigenvalue weighted by atomic mass is 16.1. The van der Waals surface area contributed by atoms with Crippen LogP contribution in [0, 0.1) is 11.8 Å². The van der Waals surface area contributed by atoms with Crippen molar-refractivity contribution in [2.75, 3.05) is 13.1 Å². The SMILES string of the molecule is CCCC(C)CC(=O)NCc1ccccc1CN1CCCC(C)C1. The van der Waals surface area contributed by atoms with E-state index in [1.807, 2.05) is 0 Å². The number of carbonyl (C=O) groups excluding carboxylic acids is 1. The normalized spacial score (nSPS) is 19.9. The predicted molar refractivity (Wildman–Crippen MR) is 101 cm³/mol. The summed E-state index contributed by atoms with van der Waals surface area (Å²) < 4.78 is 0. The zero-order valence-electron chi connectivity index (χ0n) is 15.7. The maximum Gasteiger partial charge on any atom is 0.220 e. The Balaban J connectivity index is 1.87. The number of piperidine rings is 1. The highest BCUT2D eigenvalue weighted by molar-refractivity contribution is 5.76. The molecule has 0 spiro atoms. The molecule has 2 unspecified atom stereocenters. The lowest BCUT2D eigenvalue weighted by molar-refractivity contribution is -0.122. The second-order valence-corrected chi connectivity index (χ2v) is 7.63. The summed E-state index contributed by atoms with van der Waals surface area (Å²) in [4.78, 5) is 14.7. The van der Waals surface area contributed by atoms with Crippen molar-refractivity contribution < 1.29 is 4.79 Å². The highest BCUT2D eigenvalue weighted by Crippen LogP contribution is 2.19. The van der Waals surface area contributed by atoms with Crippen molar-refractivity contribution in [1.29, 1.82) is 0 Å². The van der Waals surface area contributed by atoms with Gasteiger partial charge < -0.3 is 5.32 Å². The molecule has 1 heterocycles. The standard InChI is InChI=1S/C21H34N2O/c1-4-8-17(2)13-21(24)22-14-19-10-5-6-11-20(19)16-23-12-7-9-18(3)15-23/h5-6,10-11,17-18H,4,7-9,12-16H2,1-3H3,(H,22,24). The molecule has 2 rings (SSSR count). The number of benzene rings is 1. The van der Waals surface area contributed by atoms with Crippen LogP contribution in [0.2, 0.25) is 0 Å². The fourth-order valence-corrected chi connectivity index (χ4v) is 3.73. The van der Waals surface area contributed by atoms with E-state index in [2.05, 4.69) is 55.3 Å². The third-order valence-electron chi connectivity index (χ3n) is 5.04. The topological polar surface area (TPSA) is 32.3 Å². The van der Waals surface area contributed by atoms with Crippen molar-refractivity contribution in [2.24, 2.45) is 11.8 Å². The Morgan fingerprint density at radius 2 is 2.08 bits per heavy atom. The van der Waals surface area contributed by atoms with Gasteiger partial charge in [0.1, 0.15) is 0 Å². The molecule has 3 heteroatoms. The van der Waals surface area contributed by atoms with Gasteiger partial charge in [-0.2, -0.15) is 0 Å². The summed E-state index contributed by atoms with van der Waals surface area (Å²) >= 11 is 0. The first kappa shape index (κ1) is 19.0. The molecule has 0 saturated carbocycles. The molecule has 3 nitrogen and oxygen atoms in total. The van der Waals surface area contributed by atoms with Crippen molar-refractivity contribution in [3.05, 3.63) is 35.4 Å². The van der Waals surface area contributed by atoms with Crippen LogP contribution in [0.4, 0.5) is 0 Å². The number of likely N-dealkylation sites (tertiary alicyclic amines) is 1. The van der Waals surface area contributed by atoms with Gasteiger partial charge in [-0.1, -0.05) is 57.9 Å². The lowest BCUT2D eigenvalue weighted by Gasteiger charge is -2.31. The summed E-state index contributed by atoms with van der Waals surface area (Å²) in [5, 5.41) is 3.12. The van der Waals surface area contributed by atoms with Crippen LogP contribution in [0.3, 0.4) is 0 Å². The van der Waals surface area contributed by atoms with Crippen molar-refractivity contribution in [2.45, 2.75) is 66.0 Å². The Labute approximate surface area is 147 Å². The summed E-state index contributed by atoms with van der Waals surface area (Å²) in [7, 11) is 0. The number of hydrogen-bond donors (Lipinski definition) is 1. The third-order valence-corrected chi connectivity index (χ3v) is 5.04. The van der Waals surface area contributed by atoms with Gasteiger partial charge in [-0.25, -0.2) is 0 Å². The molecule has 134 valence electrons. The van der Waals surface area contributed by atoms with Crippen molar-refractivity contribution in [3.63, 3.8) is 0 Å². The fraction of sp³-hybridized carbons (Fsp3) is 0.667. The van der Waals surface area contributed by atoms with Gasteiger partial charge in [-0.3, -0.25) is 9.69 Å². The fourth-order valence-electron chi connectivity index (χ4n) is 3.73. The molecule has 0 aliphatic carbocycles. The van der Waals surface area contributed by atoms with Gasteiger partial charge in [0.2, 0.25) is 5.91 Å². The van der Waals surface area contributed by atoms with Crippen LogP contribution >= 0.6 is 0 Å². The first-order valence-corrected chi connectivity index (χ1v) is 9.64. The summed E-state index contributed by atoms with van der Waals surface area (Å²) in [6.45, 7) is 10.7. The van der Waals surface area contributed by atoms with E-state index in [-0.39, 0.29) is 5.91 Å². The maximum atomic E-state index is 12.1. The lowest BCUT2D eigenvalue weighted by Crippen LogP contribution is -2.34. The number of rotatable bonds is 8. The quantitative estimate of drug-likeness (QED) is 0.768. The van der Waals surface area contributed by atoms with Crippen molar-refractivity contribution in [1.82, 2.24) is 10.2 Å². The summed E-state index contributed by atoms with van der Waals surface area (Å²) in [5.41, 5.74) is 2.61. The van der Waals surface area contributed by atoms with Crippen molar-refractivity contribution in [3.8, 4) is 0 Å². The Kier molecular flexibility index (Phi) is 7.77. The van der Waals surface area contributed by atoms with E-state index in [1.54, 1.807) is 0 Å². The van der Waals surface area contributed by atoms with Gasteiger partial charge in [0.05, 0.1) is 0 Å². The molecule has 1 saturated heterocycles. The molecule has 1 aromatic rings. The van der Waals surface area contributed by atoms with E-state index in [1.165, 1.54) is 37.1 Å². The number of hydrogen-bond acceptors (Lipinski definition) is 2. The molecule has 2 atom stereocenters. The number of nitrogens with zero attached hydrogens (tertiary/aromatic N) is 1. The first-order chi connectivity index (χ1) is 11.6. The summed E-state index contributed by atoms with van der Waals surface area (Å²) in [6, 6.07) is 8.54. The molecule has 1 aliphatic heterocycles. The molecule has 1 N–H and O–H groups in total. The Morgan fingerprint density at radius 3 is 2.79 bits per heavy atom. The molecule has 1 aliphatic rings. The zero-order chi connectivity index (χ0) is 17.4. The van der Waals surface area contributed by atoms with Gasteiger partial charge in [-0.05, 0) is 42.3 Å². The van der Waals surface area contributed by atoms with Gasteiger partial charge >= 0.3 is 0 Å². The van der Waals surface area contributed by atoms with E-state index in [9.17, 15) is 4.79 Å². The van der Waals surface area contributed by atoms with E-state index in [4.69, 9.17) is 0 Å². The molecule has 1 aromatic carbocycles. The second kappa shape index (κ2) is 9.83. The Hall–Kier alpha value is -1.35. The van der Waals surface area contributed by atoms with Crippen LogP contribution in [0.15, 0.2) is 24.3 Å². The molecule has 0 bridgehead atoms. The average Bonchev–Trinajstić information content (AvgIpc) is 2.54. The van der Waals surface area contributed by atoms with Gasteiger partial charge in [0, 0.05) is 26.1 Å². The largest absolute Gasteiger partial charge is 0.352 e. The van der Waals surface area contributed by atoms with E-state index in [0.717, 1.165) is 25.3 Å². The third kappa shape index (κ3) is 6.27. The Bertz CT molecular complexity index is 514. The lowest BCUT2D eigenvalue weighted by atomic mass is 9.99. The van der Waals surface area contributed by atoms with Gasteiger partial charge in [0.15, 0.2) is 0 Å². The van der Waals surface area contributed by atoms with E-state index >= 15 is 0 Å². The smallest absolute Gasteiger partial charge is 0.220 e. The van der Waals surface area contributed by atoms with E-state index < -0.39 is 0 Å². The number of nitrogens with one attached hydrogen (secondary N) is 1. The number of carbonyl (C=O) groups is 1. The molecular formula is C21H34N2O. The minimum Gasteiger partial charge on any atom is -0.352 e. The van der Waals surface area contributed by atoms with Crippen LogP contribution in [0.5, 0.6) is 0 Å². The molecule has 0 aromatic heterocycles. The predicted octanol–water partition coefficient (Wildman–Crippen LogP) is 4.36. The number of amides is 1. The molecule has 0 radical (unpaired) electrons. The minimum atomic E-state index is 0.178. The van der Waals surface area contributed by atoms with Crippen molar-refractivity contribution >= 4 is 5.91 Å². The van der Waals surface area contributed by atoms with E-state index in [0.29, 0.717) is 18.9 Å². The second-order valence-electron chi connectivity index (χ2n) is 7.63. The molecule has 24 heavy (non-hydrogen) atoms. The van der Waals surface area contributed by atoms with Gasteiger partial charge in [0.25, 0.3) is 0 Å². The average molecular weight is 331 g/mol. The molecular weight excluding hydrogens is 296 g/mol. The summed E-state index contributed by atoms with van der Waals surface area (Å²) in [5.74, 6) is 1.45. The molecule has 1 amide bonds.